The minimum absolute atomic E-state index is 0.0329. The second-order valence-electron chi connectivity index (χ2n) is 7.38. The zero-order valence-corrected chi connectivity index (χ0v) is 17.0. The maximum absolute atomic E-state index is 12.7. The van der Waals surface area contributed by atoms with Crippen LogP contribution in [0, 0.1) is 5.92 Å². The summed E-state index contributed by atoms with van der Waals surface area (Å²) in [5.41, 5.74) is 1.15. The Labute approximate surface area is 179 Å². The number of aliphatic hydroxyl groups excluding tert-OH is 1. The fraction of sp³-hybridized carbons (Fsp3) is 0.429. The van der Waals surface area contributed by atoms with Gasteiger partial charge in [-0.25, -0.2) is 0 Å². The summed E-state index contributed by atoms with van der Waals surface area (Å²) in [6.07, 6.45) is 0.441. The van der Waals surface area contributed by atoms with E-state index < -0.39 is 30.4 Å². The van der Waals surface area contributed by atoms with Gasteiger partial charge in [0, 0.05) is 25.2 Å². The maximum Gasteiger partial charge on any atom is 0.308 e. The molecule has 0 bridgehead atoms. The number of aromatic nitrogens is 2. The van der Waals surface area contributed by atoms with Gasteiger partial charge >= 0.3 is 5.97 Å². The molecule has 1 aliphatic rings. The van der Waals surface area contributed by atoms with Crippen molar-refractivity contribution >= 4 is 17.8 Å². The van der Waals surface area contributed by atoms with Crippen LogP contribution in [0.5, 0.6) is 0 Å². The van der Waals surface area contributed by atoms with Crippen molar-refractivity contribution in [3.63, 3.8) is 0 Å². The number of aliphatic carboxylic acids is 1. The third-order valence-corrected chi connectivity index (χ3v) is 5.14. The van der Waals surface area contributed by atoms with E-state index >= 15 is 0 Å². The van der Waals surface area contributed by atoms with Crippen LogP contribution in [0.2, 0.25) is 0 Å². The van der Waals surface area contributed by atoms with E-state index in [0.717, 1.165) is 5.56 Å². The predicted octanol–water partition coefficient (Wildman–Crippen LogP) is 0.306. The Morgan fingerprint density at radius 1 is 1.19 bits per heavy atom. The van der Waals surface area contributed by atoms with Crippen LogP contribution in [0.4, 0.5) is 0 Å². The van der Waals surface area contributed by atoms with E-state index in [1.807, 2.05) is 30.3 Å². The maximum atomic E-state index is 12.7. The molecule has 4 N–H and O–H groups in total. The molecule has 0 saturated carbocycles. The molecule has 2 aromatic rings. The second kappa shape index (κ2) is 10.7. The van der Waals surface area contributed by atoms with E-state index in [0.29, 0.717) is 32.7 Å². The van der Waals surface area contributed by atoms with Crippen LogP contribution in [0.3, 0.4) is 0 Å². The number of nitrogens with one attached hydrogen (secondary N) is 2. The van der Waals surface area contributed by atoms with Crippen LogP contribution in [-0.2, 0) is 16.0 Å². The Morgan fingerprint density at radius 3 is 2.55 bits per heavy atom. The van der Waals surface area contributed by atoms with Crippen molar-refractivity contribution in [2.75, 3.05) is 32.9 Å². The highest BCUT2D eigenvalue weighted by Crippen LogP contribution is 2.14. The van der Waals surface area contributed by atoms with Crippen molar-refractivity contribution in [3.8, 4) is 0 Å². The Bertz CT molecular complexity index is 894. The molecule has 0 spiro atoms. The van der Waals surface area contributed by atoms with E-state index in [9.17, 15) is 24.6 Å². The van der Waals surface area contributed by atoms with E-state index in [2.05, 4.69) is 15.5 Å². The van der Waals surface area contributed by atoms with E-state index in [-0.39, 0.29) is 23.7 Å². The van der Waals surface area contributed by atoms with E-state index in [1.165, 1.54) is 6.07 Å². The number of rotatable bonds is 9. The fourth-order valence-corrected chi connectivity index (χ4v) is 3.43. The topological polar surface area (TPSA) is 145 Å². The molecule has 31 heavy (non-hydrogen) atoms. The van der Waals surface area contributed by atoms with E-state index in [4.69, 9.17) is 4.74 Å². The molecule has 10 nitrogen and oxygen atoms in total. The third kappa shape index (κ3) is 6.12. The van der Waals surface area contributed by atoms with Crippen LogP contribution in [-0.4, -0.2) is 82.0 Å². The van der Waals surface area contributed by atoms with Gasteiger partial charge in [-0.1, -0.05) is 30.3 Å². The average molecular weight is 430 g/mol. The molecule has 10 heteroatoms. The van der Waals surface area contributed by atoms with Gasteiger partial charge in [0.05, 0.1) is 25.7 Å². The number of hydrogen-bond donors (Lipinski definition) is 4. The summed E-state index contributed by atoms with van der Waals surface area (Å²) in [5, 5.41) is 28.0. The van der Waals surface area contributed by atoms with Crippen molar-refractivity contribution in [1.29, 1.82) is 0 Å². The standard InChI is InChI=1S/C21H26N4O6/c26-13-15(21(29)30)11-16(10-14-4-2-1-3-5-14)22-19(27)17-12-18(24-23-17)20(28)25-6-8-31-9-7-25/h1-5,12,15-16,26H,6-11,13H2,(H,22,27)(H,23,24)(H,29,30). The monoisotopic (exact) mass is 430 g/mol. The number of amides is 2. The Kier molecular flexibility index (Phi) is 7.74. The third-order valence-electron chi connectivity index (χ3n) is 5.14. The average Bonchev–Trinajstić information content (AvgIpc) is 3.28. The van der Waals surface area contributed by atoms with Gasteiger partial charge in [-0.3, -0.25) is 19.5 Å². The zero-order valence-electron chi connectivity index (χ0n) is 17.0. The van der Waals surface area contributed by atoms with Crippen LogP contribution < -0.4 is 5.32 Å². The first-order chi connectivity index (χ1) is 15.0. The number of H-pyrrole nitrogens is 1. The highest BCUT2D eigenvalue weighted by atomic mass is 16.5. The van der Waals surface area contributed by atoms with Crippen molar-refractivity contribution in [2.24, 2.45) is 5.92 Å². The van der Waals surface area contributed by atoms with Crippen LogP contribution in [0.1, 0.15) is 33.0 Å². The quantitative estimate of drug-likeness (QED) is 0.448. The molecule has 1 saturated heterocycles. The van der Waals surface area contributed by atoms with Gasteiger partial charge in [0.15, 0.2) is 5.69 Å². The number of ether oxygens (including phenoxy) is 1. The molecule has 0 radical (unpaired) electrons. The van der Waals surface area contributed by atoms with Gasteiger partial charge in [-0.2, -0.15) is 5.10 Å². The zero-order chi connectivity index (χ0) is 22.2. The Hall–Kier alpha value is -3.24. The number of benzene rings is 1. The Balaban J connectivity index is 1.69. The van der Waals surface area contributed by atoms with Gasteiger partial charge in [-0.15, -0.1) is 0 Å². The molecule has 0 aliphatic carbocycles. The number of carbonyl (C=O) groups excluding carboxylic acids is 2. The van der Waals surface area contributed by atoms with Crippen LogP contribution in [0.25, 0.3) is 0 Å². The number of aliphatic hydroxyl groups is 1. The molecule has 2 unspecified atom stereocenters. The fourth-order valence-electron chi connectivity index (χ4n) is 3.43. The molecular weight excluding hydrogens is 404 g/mol. The summed E-state index contributed by atoms with van der Waals surface area (Å²) in [6, 6.07) is 10.2. The summed E-state index contributed by atoms with van der Waals surface area (Å²) < 4.78 is 5.24. The van der Waals surface area contributed by atoms with Crippen LogP contribution in [0.15, 0.2) is 36.4 Å². The second-order valence-corrected chi connectivity index (χ2v) is 7.38. The predicted molar refractivity (Wildman–Crippen MR) is 110 cm³/mol. The minimum Gasteiger partial charge on any atom is -0.481 e. The number of morpholine rings is 1. The first-order valence-corrected chi connectivity index (χ1v) is 10.1. The first kappa shape index (κ1) is 22.4. The highest BCUT2D eigenvalue weighted by molar-refractivity contribution is 5.97. The molecule has 1 fully saturated rings. The normalized spacial score (nSPS) is 15.8. The largest absolute Gasteiger partial charge is 0.481 e. The summed E-state index contributed by atoms with van der Waals surface area (Å²) in [7, 11) is 0. The Morgan fingerprint density at radius 2 is 1.90 bits per heavy atom. The summed E-state index contributed by atoms with van der Waals surface area (Å²) in [5.74, 6) is -2.93. The van der Waals surface area contributed by atoms with Crippen molar-refractivity contribution in [1.82, 2.24) is 20.4 Å². The van der Waals surface area contributed by atoms with Gasteiger partial charge < -0.3 is 25.2 Å². The molecule has 3 rings (SSSR count). The van der Waals surface area contributed by atoms with Crippen molar-refractivity contribution in [2.45, 2.75) is 18.9 Å². The molecule has 1 aromatic carbocycles. The lowest BCUT2D eigenvalue weighted by atomic mass is 9.95. The molecule has 2 heterocycles. The number of nitrogens with zero attached hydrogens (tertiary/aromatic N) is 2. The first-order valence-electron chi connectivity index (χ1n) is 10.1. The lowest BCUT2D eigenvalue weighted by Crippen LogP contribution is -2.41. The molecule has 1 aliphatic heterocycles. The summed E-state index contributed by atoms with van der Waals surface area (Å²) >= 11 is 0. The molecule has 166 valence electrons. The molecule has 2 atom stereocenters. The number of carboxylic acid groups (broad SMARTS) is 1. The molecular formula is C21H26N4O6. The van der Waals surface area contributed by atoms with Crippen molar-refractivity contribution < 1.29 is 29.3 Å². The molecule has 2 amide bonds. The summed E-state index contributed by atoms with van der Waals surface area (Å²) in [6.45, 7) is 1.33. The minimum atomic E-state index is -1.13. The van der Waals surface area contributed by atoms with Crippen LogP contribution >= 0.6 is 0 Å². The number of carbonyl (C=O) groups is 3. The smallest absolute Gasteiger partial charge is 0.308 e. The van der Waals surface area contributed by atoms with Gasteiger partial charge in [0.2, 0.25) is 0 Å². The lowest BCUT2D eigenvalue weighted by Gasteiger charge is -2.26. The number of aromatic amines is 1. The highest BCUT2D eigenvalue weighted by Gasteiger charge is 2.26. The number of hydrogen-bond acceptors (Lipinski definition) is 6. The van der Waals surface area contributed by atoms with E-state index in [1.54, 1.807) is 4.90 Å². The lowest BCUT2D eigenvalue weighted by molar-refractivity contribution is -0.143. The van der Waals surface area contributed by atoms with Gasteiger partial charge in [0.1, 0.15) is 5.69 Å². The SMILES string of the molecule is O=C(NC(Cc1ccccc1)CC(CO)C(=O)O)c1cc(C(=O)N2CCOCC2)[nH]n1. The van der Waals surface area contributed by atoms with Gasteiger partial charge in [0.25, 0.3) is 11.8 Å². The van der Waals surface area contributed by atoms with Gasteiger partial charge in [-0.05, 0) is 18.4 Å². The van der Waals surface area contributed by atoms with Crippen molar-refractivity contribution in [3.05, 3.63) is 53.3 Å². The summed E-state index contributed by atoms with van der Waals surface area (Å²) in [4.78, 5) is 38.3. The number of carboxylic acids is 1. The molecule has 1 aromatic heterocycles.